The van der Waals surface area contributed by atoms with Gasteiger partial charge in [0.25, 0.3) is 5.91 Å². The van der Waals surface area contributed by atoms with Gasteiger partial charge >= 0.3 is 6.61 Å². The molecule has 1 aromatic carbocycles. The molecular weight excluding hydrogens is 448 g/mol. The van der Waals surface area contributed by atoms with Crippen LogP contribution in [-0.2, 0) is 11.0 Å². The molecule has 1 aromatic heterocycles. The summed E-state index contributed by atoms with van der Waals surface area (Å²) in [6.07, 6.45) is 4.98. The molecule has 1 amide bonds. The summed E-state index contributed by atoms with van der Waals surface area (Å²) < 4.78 is 44.1. The SMILES string of the molecule is CC(C)C1CCCN1c1ncc(-c2ccc(C(=O)NS(C)=O)cc2OC(F)F)cc1Cl. The van der Waals surface area contributed by atoms with E-state index in [4.69, 9.17) is 11.6 Å². The number of carbonyl (C=O) groups is 1. The highest BCUT2D eigenvalue weighted by atomic mass is 35.5. The van der Waals surface area contributed by atoms with E-state index in [1.165, 1.54) is 24.5 Å². The molecule has 1 fully saturated rings. The van der Waals surface area contributed by atoms with Crippen molar-refractivity contribution in [3.8, 4) is 16.9 Å². The highest BCUT2D eigenvalue weighted by Crippen LogP contribution is 2.38. The number of hydrogen-bond donors (Lipinski definition) is 1. The molecule has 10 heteroatoms. The first-order chi connectivity index (χ1) is 14.7. The Morgan fingerprint density at radius 1 is 1.35 bits per heavy atom. The first-order valence-corrected chi connectivity index (χ1v) is 11.8. The minimum absolute atomic E-state index is 0.0436. The van der Waals surface area contributed by atoms with Crippen LogP contribution in [0.25, 0.3) is 11.1 Å². The van der Waals surface area contributed by atoms with Crippen molar-refractivity contribution in [2.45, 2.75) is 39.3 Å². The largest absolute Gasteiger partial charge is 0.434 e. The molecule has 0 bridgehead atoms. The lowest BCUT2D eigenvalue weighted by molar-refractivity contribution is -0.0494. The Kier molecular flexibility index (Phi) is 7.48. The van der Waals surface area contributed by atoms with Gasteiger partial charge in [0.2, 0.25) is 0 Å². The standard InChI is InChI=1S/C21H24ClF2N3O3S/c1-12(2)17-5-4-8-27(17)19-16(22)9-14(11-25-19)15-7-6-13(20(28)26-31(3)29)10-18(15)30-21(23)24/h6-7,9-12,17,21H,4-5,8H2,1-3H3,(H,26,28). The molecule has 1 N–H and O–H groups in total. The third-order valence-electron chi connectivity index (χ3n) is 5.17. The maximum atomic E-state index is 13.0. The van der Waals surface area contributed by atoms with Crippen LogP contribution in [0.2, 0.25) is 5.02 Å². The van der Waals surface area contributed by atoms with Crippen molar-refractivity contribution in [1.29, 1.82) is 0 Å². The predicted molar refractivity (Wildman–Crippen MR) is 118 cm³/mol. The number of pyridine rings is 1. The normalized spacial score (nSPS) is 17.3. The monoisotopic (exact) mass is 471 g/mol. The molecule has 2 atom stereocenters. The lowest BCUT2D eigenvalue weighted by Gasteiger charge is -2.29. The van der Waals surface area contributed by atoms with Gasteiger partial charge in [0.1, 0.15) is 22.6 Å². The number of amides is 1. The highest BCUT2D eigenvalue weighted by Gasteiger charge is 2.29. The zero-order valence-electron chi connectivity index (χ0n) is 17.4. The first-order valence-electron chi connectivity index (χ1n) is 9.83. The lowest BCUT2D eigenvalue weighted by Crippen LogP contribution is -2.34. The Morgan fingerprint density at radius 3 is 2.71 bits per heavy atom. The van der Waals surface area contributed by atoms with E-state index in [1.54, 1.807) is 12.3 Å². The van der Waals surface area contributed by atoms with E-state index in [0.29, 0.717) is 33.9 Å². The summed E-state index contributed by atoms with van der Waals surface area (Å²) in [7, 11) is -1.59. The van der Waals surface area contributed by atoms with Crippen molar-refractivity contribution >= 4 is 34.3 Å². The Bertz CT molecular complexity index is 990. The summed E-state index contributed by atoms with van der Waals surface area (Å²) in [4.78, 5) is 18.8. The first kappa shape index (κ1) is 23.4. The number of benzene rings is 1. The Balaban J connectivity index is 1.96. The van der Waals surface area contributed by atoms with Crippen molar-refractivity contribution in [1.82, 2.24) is 9.71 Å². The maximum absolute atomic E-state index is 13.0. The second-order valence-electron chi connectivity index (χ2n) is 7.65. The summed E-state index contributed by atoms with van der Waals surface area (Å²) in [6, 6.07) is 6.10. The molecule has 0 radical (unpaired) electrons. The molecule has 31 heavy (non-hydrogen) atoms. The van der Waals surface area contributed by atoms with E-state index in [9.17, 15) is 17.8 Å². The molecule has 0 saturated carbocycles. The van der Waals surface area contributed by atoms with E-state index in [-0.39, 0.29) is 11.3 Å². The minimum atomic E-state index is -3.09. The van der Waals surface area contributed by atoms with E-state index < -0.39 is 23.5 Å². The van der Waals surface area contributed by atoms with Crippen molar-refractivity contribution in [3.63, 3.8) is 0 Å². The number of nitrogens with zero attached hydrogens (tertiary/aromatic N) is 2. The van der Waals surface area contributed by atoms with Crippen LogP contribution < -0.4 is 14.4 Å². The topological polar surface area (TPSA) is 71.5 Å². The van der Waals surface area contributed by atoms with Gasteiger partial charge < -0.3 is 9.64 Å². The van der Waals surface area contributed by atoms with E-state index in [2.05, 4.69) is 33.2 Å². The average Bonchev–Trinajstić information content (AvgIpc) is 3.16. The summed E-state index contributed by atoms with van der Waals surface area (Å²) >= 11 is 6.54. The number of halogens is 3. The third-order valence-corrected chi connectivity index (χ3v) is 5.92. The predicted octanol–water partition coefficient (Wildman–Crippen LogP) is 4.65. The maximum Gasteiger partial charge on any atom is 0.387 e. The average molecular weight is 472 g/mol. The fourth-order valence-electron chi connectivity index (χ4n) is 3.82. The van der Waals surface area contributed by atoms with Gasteiger partial charge in [-0.15, -0.1) is 0 Å². The second-order valence-corrected chi connectivity index (χ2v) is 9.17. The van der Waals surface area contributed by atoms with Crippen molar-refractivity contribution in [2.24, 2.45) is 5.92 Å². The van der Waals surface area contributed by atoms with Gasteiger partial charge in [-0.2, -0.15) is 8.78 Å². The number of alkyl halides is 2. The van der Waals surface area contributed by atoms with Crippen molar-refractivity contribution in [2.75, 3.05) is 17.7 Å². The molecule has 0 spiro atoms. The third kappa shape index (κ3) is 5.51. The molecule has 0 aliphatic carbocycles. The Hall–Kier alpha value is -2.26. The van der Waals surface area contributed by atoms with E-state index >= 15 is 0 Å². The van der Waals surface area contributed by atoms with Crippen molar-refractivity contribution in [3.05, 3.63) is 41.0 Å². The van der Waals surface area contributed by atoms with Crippen molar-refractivity contribution < 1.29 is 22.5 Å². The molecular formula is C21H24ClF2N3O3S. The van der Waals surface area contributed by atoms with Gasteiger partial charge in [-0.1, -0.05) is 25.4 Å². The fourth-order valence-corrected chi connectivity index (χ4v) is 4.48. The van der Waals surface area contributed by atoms with Gasteiger partial charge in [-0.05, 0) is 43.0 Å². The number of ether oxygens (including phenoxy) is 1. The summed E-state index contributed by atoms with van der Waals surface area (Å²) in [5, 5.41) is 0.413. The van der Waals surface area contributed by atoms with Crippen LogP contribution in [0.4, 0.5) is 14.6 Å². The number of rotatable bonds is 7. The molecule has 6 nitrogen and oxygen atoms in total. The molecule has 1 aliphatic rings. The summed E-state index contributed by atoms with van der Waals surface area (Å²) in [5.74, 6) is 0.254. The van der Waals surface area contributed by atoms with E-state index in [0.717, 1.165) is 19.4 Å². The van der Waals surface area contributed by atoms with Gasteiger partial charge in [-0.3, -0.25) is 9.52 Å². The quantitative estimate of drug-likeness (QED) is 0.636. The van der Waals surface area contributed by atoms with Gasteiger partial charge in [0.05, 0.1) is 5.02 Å². The Morgan fingerprint density at radius 2 is 2.10 bits per heavy atom. The van der Waals surface area contributed by atoms with Gasteiger partial charge in [0.15, 0.2) is 0 Å². The fraction of sp³-hybridized carbons (Fsp3) is 0.429. The summed E-state index contributed by atoms with van der Waals surface area (Å²) in [6.45, 7) is 2.09. The number of nitrogens with one attached hydrogen (secondary N) is 1. The van der Waals surface area contributed by atoms with Crippen LogP contribution in [0.3, 0.4) is 0 Å². The minimum Gasteiger partial charge on any atom is -0.434 e. The number of aromatic nitrogens is 1. The Labute approximate surface area is 187 Å². The molecule has 2 heterocycles. The second kappa shape index (κ2) is 9.91. The lowest BCUT2D eigenvalue weighted by atomic mass is 10.0. The smallest absolute Gasteiger partial charge is 0.387 e. The molecule has 168 valence electrons. The number of anilines is 1. The summed E-state index contributed by atoms with van der Waals surface area (Å²) in [5.41, 5.74) is 0.843. The van der Waals surface area contributed by atoms with Crippen LogP contribution in [0.1, 0.15) is 37.0 Å². The molecule has 1 saturated heterocycles. The molecule has 2 aromatic rings. The molecule has 3 rings (SSSR count). The van der Waals surface area contributed by atoms with E-state index in [1.807, 2.05) is 0 Å². The van der Waals surface area contributed by atoms with Crippen LogP contribution in [-0.4, -0.2) is 40.6 Å². The van der Waals surface area contributed by atoms with Gasteiger partial charge in [0, 0.05) is 41.7 Å². The van der Waals surface area contributed by atoms with Crippen LogP contribution in [0, 0.1) is 5.92 Å². The zero-order valence-corrected chi connectivity index (χ0v) is 19.0. The van der Waals surface area contributed by atoms with Crippen LogP contribution in [0.15, 0.2) is 30.5 Å². The van der Waals surface area contributed by atoms with Crippen LogP contribution >= 0.6 is 11.6 Å². The molecule has 1 aliphatic heterocycles. The molecule has 2 unspecified atom stereocenters. The zero-order chi connectivity index (χ0) is 22.7. The highest BCUT2D eigenvalue weighted by molar-refractivity contribution is 7.82. The number of hydrogen-bond acceptors (Lipinski definition) is 5. The van der Waals surface area contributed by atoms with Crippen LogP contribution in [0.5, 0.6) is 5.75 Å². The van der Waals surface area contributed by atoms with Gasteiger partial charge in [-0.25, -0.2) is 9.19 Å². The number of carbonyl (C=O) groups excluding carboxylic acids is 1.